The molecule has 2 heterocycles. The number of aromatic carboxylic acids is 1. The minimum atomic E-state index is -0.975. The number of aromatic nitrogens is 1. The predicted octanol–water partition coefficient (Wildman–Crippen LogP) is 5.93. The molecule has 10 heteroatoms. The van der Waals surface area contributed by atoms with Crippen LogP contribution >= 0.6 is 23.1 Å². The normalized spacial score (nSPS) is 14.3. The molecule has 0 aliphatic carbocycles. The lowest BCUT2D eigenvalue weighted by molar-refractivity contribution is -0.138. The minimum Gasteiger partial charge on any atom is -0.489 e. The number of benzene rings is 4. The zero-order valence-electron chi connectivity index (χ0n) is 25.6. The number of fused-ring (bicyclic) bond motifs is 1. The van der Waals surface area contributed by atoms with Crippen LogP contribution in [-0.4, -0.2) is 34.5 Å². The van der Waals surface area contributed by atoms with E-state index in [2.05, 4.69) is 0 Å². The summed E-state index contributed by atoms with van der Waals surface area (Å²) in [6, 6.07) is 30.5. The molecular weight excluding hydrogens is 633 g/mol. The molecule has 0 amide bonds. The van der Waals surface area contributed by atoms with Crippen molar-refractivity contribution < 1.29 is 24.2 Å². The molecule has 6 rings (SSSR count). The Morgan fingerprint density at radius 2 is 1.66 bits per heavy atom. The summed E-state index contributed by atoms with van der Waals surface area (Å²) in [6.45, 7) is 2.22. The van der Waals surface area contributed by atoms with Crippen molar-refractivity contribution in [1.29, 1.82) is 0 Å². The number of ether oxygens (including phenoxy) is 2. The number of hydrogen-bond donors (Lipinski definition) is 1. The number of carboxylic acids is 1. The molecule has 5 aromatic rings. The van der Waals surface area contributed by atoms with Gasteiger partial charge in [-0.15, -0.1) is 11.8 Å². The number of carboxylic acid groups (broad SMARTS) is 1. The molecule has 1 atom stereocenters. The van der Waals surface area contributed by atoms with E-state index in [0.717, 1.165) is 27.1 Å². The molecule has 0 unspecified atom stereocenters. The number of thiazole rings is 1. The van der Waals surface area contributed by atoms with E-state index in [1.54, 1.807) is 47.5 Å². The molecule has 1 aliphatic rings. The Morgan fingerprint density at radius 3 is 2.30 bits per heavy atom. The number of hydrogen-bond acceptors (Lipinski definition) is 8. The van der Waals surface area contributed by atoms with E-state index in [1.807, 2.05) is 91.2 Å². The highest BCUT2D eigenvalue weighted by atomic mass is 32.2. The van der Waals surface area contributed by atoms with E-state index in [0.29, 0.717) is 26.4 Å². The van der Waals surface area contributed by atoms with Crippen LogP contribution in [0.15, 0.2) is 123 Å². The summed E-state index contributed by atoms with van der Waals surface area (Å²) in [5.41, 5.74) is 3.93. The molecule has 47 heavy (non-hydrogen) atoms. The summed E-state index contributed by atoms with van der Waals surface area (Å²) >= 11 is 2.88. The number of nitrogens with zero attached hydrogens (tertiary/aromatic N) is 2. The third kappa shape index (κ3) is 6.84. The summed E-state index contributed by atoms with van der Waals surface area (Å²) in [6.07, 6.45) is 3.80. The van der Waals surface area contributed by atoms with Gasteiger partial charge in [0.2, 0.25) is 0 Å². The minimum absolute atomic E-state index is 0.184. The Hall–Kier alpha value is -5.19. The van der Waals surface area contributed by atoms with Crippen LogP contribution in [0, 0.1) is 0 Å². The van der Waals surface area contributed by atoms with Gasteiger partial charge in [-0.2, -0.15) is 0 Å². The first-order chi connectivity index (χ1) is 22.9. The molecule has 1 N–H and O–H groups in total. The Bertz CT molecular complexity index is 2130. The second kappa shape index (κ2) is 14.1. The quantitative estimate of drug-likeness (QED) is 0.146. The highest BCUT2D eigenvalue weighted by molar-refractivity contribution is 7.98. The van der Waals surface area contributed by atoms with Crippen LogP contribution in [0.5, 0.6) is 5.75 Å². The highest BCUT2D eigenvalue weighted by Gasteiger charge is 2.35. The average Bonchev–Trinajstić information content (AvgIpc) is 3.41. The van der Waals surface area contributed by atoms with Crippen molar-refractivity contribution in [2.24, 2.45) is 4.99 Å². The molecule has 0 saturated carbocycles. The Morgan fingerprint density at radius 1 is 0.957 bits per heavy atom. The van der Waals surface area contributed by atoms with Crippen molar-refractivity contribution in [3.05, 3.63) is 156 Å². The van der Waals surface area contributed by atoms with Gasteiger partial charge in [0.15, 0.2) is 4.80 Å². The van der Waals surface area contributed by atoms with Crippen molar-refractivity contribution in [3.63, 3.8) is 0 Å². The van der Waals surface area contributed by atoms with Gasteiger partial charge in [-0.05, 0) is 72.3 Å². The zero-order valence-corrected chi connectivity index (χ0v) is 27.2. The smallest absolute Gasteiger partial charge is 0.338 e. The maximum Gasteiger partial charge on any atom is 0.338 e. The fraction of sp³-hybridized carbons (Fsp3) is 0.135. The van der Waals surface area contributed by atoms with Crippen molar-refractivity contribution >= 4 is 46.8 Å². The molecule has 0 spiro atoms. The maximum atomic E-state index is 14.1. The van der Waals surface area contributed by atoms with E-state index < -0.39 is 18.0 Å². The lowest BCUT2D eigenvalue weighted by atomic mass is 9.93. The summed E-state index contributed by atoms with van der Waals surface area (Å²) in [4.78, 5) is 45.3. The number of carbonyl (C=O) groups excluding carboxylic acids is 1. The maximum absolute atomic E-state index is 14.1. The van der Waals surface area contributed by atoms with Crippen LogP contribution in [0.1, 0.15) is 45.6 Å². The molecule has 0 fully saturated rings. The monoisotopic (exact) mass is 662 g/mol. The van der Waals surface area contributed by atoms with Gasteiger partial charge < -0.3 is 14.6 Å². The summed E-state index contributed by atoms with van der Waals surface area (Å²) in [5, 5.41) is 9.09. The highest BCUT2D eigenvalue weighted by Crippen LogP contribution is 2.35. The van der Waals surface area contributed by atoms with E-state index in [9.17, 15) is 14.4 Å². The third-order valence-corrected chi connectivity index (χ3v) is 9.32. The van der Waals surface area contributed by atoms with Gasteiger partial charge in [0.1, 0.15) is 12.4 Å². The van der Waals surface area contributed by atoms with Crippen molar-refractivity contribution in [1.82, 2.24) is 4.57 Å². The van der Waals surface area contributed by atoms with Gasteiger partial charge in [0.25, 0.3) is 5.56 Å². The summed E-state index contributed by atoms with van der Waals surface area (Å²) in [5.74, 6) is -0.861. The average molecular weight is 663 g/mol. The van der Waals surface area contributed by atoms with Gasteiger partial charge in [-0.1, -0.05) is 78.1 Å². The van der Waals surface area contributed by atoms with Gasteiger partial charge in [-0.25, -0.2) is 14.6 Å². The van der Waals surface area contributed by atoms with E-state index in [1.165, 1.54) is 11.3 Å². The fourth-order valence-electron chi connectivity index (χ4n) is 5.26. The van der Waals surface area contributed by atoms with Crippen LogP contribution in [0.25, 0.3) is 11.8 Å². The second-order valence-corrected chi connectivity index (χ2v) is 12.5. The number of esters is 1. The van der Waals surface area contributed by atoms with Gasteiger partial charge in [0.05, 0.1) is 34.0 Å². The van der Waals surface area contributed by atoms with E-state index >= 15 is 0 Å². The van der Waals surface area contributed by atoms with Gasteiger partial charge in [-0.3, -0.25) is 9.36 Å². The number of thioether (sulfide) groups is 1. The summed E-state index contributed by atoms with van der Waals surface area (Å²) in [7, 11) is 0. The number of carbonyl (C=O) groups is 2. The van der Waals surface area contributed by atoms with Crippen LogP contribution in [0.2, 0.25) is 0 Å². The third-order valence-electron chi connectivity index (χ3n) is 7.59. The fourth-order valence-corrected chi connectivity index (χ4v) is 6.67. The van der Waals surface area contributed by atoms with Crippen molar-refractivity contribution in [3.8, 4) is 5.75 Å². The largest absolute Gasteiger partial charge is 0.489 e. The van der Waals surface area contributed by atoms with Crippen LogP contribution < -0.4 is 19.6 Å². The van der Waals surface area contributed by atoms with Gasteiger partial charge in [0, 0.05) is 10.5 Å². The first-order valence-electron chi connectivity index (χ1n) is 14.8. The van der Waals surface area contributed by atoms with Crippen molar-refractivity contribution in [2.45, 2.75) is 24.5 Å². The first kappa shape index (κ1) is 31.8. The first-order valence-corrected chi connectivity index (χ1v) is 16.9. The molecule has 8 nitrogen and oxygen atoms in total. The topological polar surface area (TPSA) is 107 Å². The molecule has 4 aromatic carbocycles. The molecule has 0 saturated heterocycles. The number of rotatable bonds is 10. The summed E-state index contributed by atoms with van der Waals surface area (Å²) < 4.78 is 13.5. The van der Waals surface area contributed by atoms with E-state index in [-0.39, 0.29) is 24.3 Å². The van der Waals surface area contributed by atoms with Crippen LogP contribution in [-0.2, 0) is 16.1 Å². The van der Waals surface area contributed by atoms with Crippen molar-refractivity contribution in [2.75, 3.05) is 12.9 Å². The Labute approximate surface area is 279 Å². The zero-order chi connectivity index (χ0) is 32.9. The molecule has 1 aliphatic heterocycles. The molecule has 0 bridgehead atoms. The van der Waals surface area contributed by atoms with Crippen LogP contribution in [0.3, 0.4) is 0 Å². The SMILES string of the molecule is CCOC(=O)C1=C(c2ccccc2)N=c2s/c(=C/c3ccc(OCc4ccc(C(=O)O)cc4)cc3)c(=O)n2[C@H]1c1ccc(SC)cc1. The lowest BCUT2D eigenvalue weighted by Crippen LogP contribution is -2.40. The van der Waals surface area contributed by atoms with Gasteiger partial charge >= 0.3 is 11.9 Å². The second-order valence-electron chi connectivity index (χ2n) is 10.6. The lowest BCUT2D eigenvalue weighted by Gasteiger charge is -2.26. The Kier molecular flexibility index (Phi) is 9.51. The standard InChI is InChI=1S/C37H30N2O6S2/c1-3-44-36(43)31-32(25-7-5-4-6-8-25)38-37-39(33(31)26-15-19-29(46-2)20-16-26)34(40)30(47-37)21-23-11-17-28(18-12-23)45-22-24-9-13-27(14-10-24)35(41)42/h4-21,33H,3,22H2,1-2H3,(H,41,42)/b30-21+/t33-/m0/s1. The molecule has 0 radical (unpaired) electrons. The Balaban J connectivity index is 1.39. The molecular formula is C37H30N2O6S2. The van der Waals surface area contributed by atoms with E-state index in [4.69, 9.17) is 19.6 Å². The molecule has 1 aromatic heterocycles. The molecule has 236 valence electrons. The predicted molar refractivity (Wildman–Crippen MR) is 183 cm³/mol. The van der Waals surface area contributed by atoms with Crippen LogP contribution in [0.4, 0.5) is 0 Å².